The van der Waals surface area contributed by atoms with Gasteiger partial charge in [0, 0.05) is 62.9 Å². The molecule has 0 aliphatic carbocycles. The van der Waals surface area contributed by atoms with E-state index < -0.39 is 5.60 Å². The maximum Gasteiger partial charge on any atom is 0.340 e. The lowest BCUT2D eigenvalue weighted by molar-refractivity contribution is 0.0224. The molecular formula is C46H34N2O3. The number of hydrogen-bond donors (Lipinski definition) is 0. The van der Waals surface area contributed by atoms with E-state index in [9.17, 15) is 4.79 Å². The third kappa shape index (κ3) is 4.97. The summed E-state index contributed by atoms with van der Waals surface area (Å²) in [7, 11) is 0. The first kappa shape index (κ1) is 30.5. The van der Waals surface area contributed by atoms with E-state index in [1.807, 2.05) is 91.0 Å². The number of esters is 1. The molecule has 0 fully saturated rings. The molecule has 7 aromatic rings. The van der Waals surface area contributed by atoms with Crippen LogP contribution in [0.3, 0.4) is 0 Å². The summed E-state index contributed by atoms with van der Waals surface area (Å²) in [5.74, 6) is 0.935. The summed E-state index contributed by atoms with van der Waals surface area (Å²) in [5, 5.41) is 0. The second-order valence-electron chi connectivity index (χ2n) is 12.7. The molecule has 0 unspecified atom stereocenters. The maximum atomic E-state index is 13.9. The van der Waals surface area contributed by atoms with Gasteiger partial charge < -0.3 is 19.3 Å². The Morgan fingerprint density at radius 3 is 1.31 bits per heavy atom. The monoisotopic (exact) mass is 662 g/mol. The quantitative estimate of drug-likeness (QED) is 0.159. The van der Waals surface area contributed by atoms with Crippen molar-refractivity contribution in [1.29, 1.82) is 0 Å². The fraction of sp³-hybridized carbons (Fsp3) is 0.0652. The summed E-state index contributed by atoms with van der Waals surface area (Å²) in [5.41, 5.74) is 8.74. The van der Waals surface area contributed by atoms with Crippen molar-refractivity contribution in [2.45, 2.75) is 18.9 Å². The highest BCUT2D eigenvalue weighted by Gasteiger charge is 2.54. The van der Waals surface area contributed by atoms with Gasteiger partial charge in [-0.05, 0) is 84.8 Å². The number of benzene rings is 7. The lowest BCUT2D eigenvalue weighted by Gasteiger charge is -2.38. The van der Waals surface area contributed by atoms with E-state index in [1.165, 1.54) is 0 Å². The van der Waals surface area contributed by atoms with Crippen LogP contribution in [0.25, 0.3) is 0 Å². The fourth-order valence-corrected chi connectivity index (χ4v) is 7.59. The van der Waals surface area contributed by atoms with Crippen LogP contribution in [0.15, 0.2) is 176 Å². The Kier molecular flexibility index (Phi) is 7.40. The van der Waals surface area contributed by atoms with E-state index in [2.05, 4.69) is 102 Å². The van der Waals surface area contributed by atoms with E-state index in [0.717, 1.165) is 56.4 Å². The summed E-state index contributed by atoms with van der Waals surface area (Å²) in [6, 6.07) is 59.7. The summed E-state index contributed by atoms with van der Waals surface area (Å²) >= 11 is 0. The molecule has 0 bridgehead atoms. The number of nitrogens with zero attached hydrogens (tertiary/aromatic N) is 2. The second-order valence-corrected chi connectivity index (χ2v) is 12.7. The molecular weight excluding hydrogens is 629 g/mol. The largest absolute Gasteiger partial charge is 0.456 e. The molecule has 0 N–H and O–H groups in total. The molecule has 246 valence electrons. The number of carbonyl (C=O) groups is 1. The van der Waals surface area contributed by atoms with Crippen molar-refractivity contribution in [3.05, 3.63) is 204 Å². The highest BCUT2D eigenvalue weighted by atomic mass is 16.6. The summed E-state index contributed by atoms with van der Waals surface area (Å²) in [6.07, 6.45) is 0.717. The zero-order chi connectivity index (χ0) is 34.4. The average Bonchev–Trinajstić information content (AvgIpc) is 3.49. The van der Waals surface area contributed by atoms with Crippen LogP contribution in [-0.2, 0) is 16.8 Å². The van der Waals surface area contributed by atoms with Gasteiger partial charge in [0.2, 0.25) is 0 Å². The molecule has 0 saturated carbocycles. The average molecular weight is 663 g/mol. The van der Waals surface area contributed by atoms with E-state index in [-0.39, 0.29) is 5.97 Å². The van der Waals surface area contributed by atoms with E-state index in [1.54, 1.807) is 0 Å². The van der Waals surface area contributed by atoms with Crippen LogP contribution in [0.5, 0.6) is 11.5 Å². The maximum absolute atomic E-state index is 13.9. The molecule has 51 heavy (non-hydrogen) atoms. The Morgan fingerprint density at radius 2 is 0.902 bits per heavy atom. The normalized spacial score (nSPS) is 13.4. The van der Waals surface area contributed by atoms with E-state index >= 15 is 0 Å². The standard InChI is InChI=1S/C46H34N2O3/c1-2-32-16-15-25-41-44(32)45(49)51-46(41)39-28-26-37(47(33-17-7-3-8-18-33)34-19-9-4-10-20-34)30-42(39)50-43-31-38(27-29-40(43)46)48(35-21-11-5-12-22-35)36-23-13-6-14-24-36/h3-31H,2H2,1H3. The van der Waals surface area contributed by atoms with Crippen LogP contribution >= 0.6 is 0 Å². The summed E-state index contributed by atoms with van der Waals surface area (Å²) in [4.78, 5) is 18.4. The van der Waals surface area contributed by atoms with Gasteiger partial charge in [-0.25, -0.2) is 4.79 Å². The number of para-hydroxylation sites is 4. The van der Waals surface area contributed by atoms with E-state index in [0.29, 0.717) is 23.5 Å². The molecule has 5 nitrogen and oxygen atoms in total. The van der Waals surface area contributed by atoms with Crippen molar-refractivity contribution in [3.63, 3.8) is 0 Å². The van der Waals surface area contributed by atoms with Gasteiger partial charge in [0.1, 0.15) is 11.5 Å². The molecule has 0 aromatic heterocycles. The fourth-order valence-electron chi connectivity index (χ4n) is 7.59. The topological polar surface area (TPSA) is 42.0 Å². The number of hydrogen-bond acceptors (Lipinski definition) is 5. The molecule has 2 heterocycles. The first-order valence-electron chi connectivity index (χ1n) is 17.3. The van der Waals surface area contributed by atoms with Gasteiger partial charge in [-0.1, -0.05) is 97.9 Å². The molecule has 7 aromatic carbocycles. The number of rotatable bonds is 7. The van der Waals surface area contributed by atoms with Gasteiger partial charge in [-0.3, -0.25) is 0 Å². The second kappa shape index (κ2) is 12.4. The van der Waals surface area contributed by atoms with Crippen molar-refractivity contribution in [2.24, 2.45) is 0 Å². The zero-order valence-electron chi connectivity index (χ0n) is 28.1. The van der Waals surface area contributed by atoms with Crippen LogP contribution < -0.4 is 14.5 Å². The minimum Gasteiger partial charge on any atom is -0.456 e. The molecule has 9 rings (SSSR count). The van der Waals surface area contributed by atoms with Crippen LogP contribution in [0, 0.1) is 0 Å². The number of ether oxygens (including phenoxy) is 2. The third-order valence-corrected chi connectivity index (χ3v) is 9.84. The molecule has 2 aliphatic heterocycles. The van der Waals surface area contributed by atoms with Gasteiger partial charge in [-0.2, -0.15) is 0 Å². The molecule has 2 aliphatic rings. The highest BCUT2D eigenvalue weighted by Crippen LogP contribution is 2.58. The van der Waals surface area contributed by atoms with Gasteiger partial charge in [0.05, 0.1) is 5.56 Å². The molecule has 5 heteroatoms. The van der Waals surface area contributed by atoms with Crippen molar-refractivity contribution in [3.8, 4) is 11.5 Å². The van der Waals surface area contributed by atoms with Crippen LogP contribution in [0.2, 0.25) is 0 Å². The Hall–Kier alpha value is -6.59. The van der Waals surface area contributed by atoms with Crippen LogP contribution in [-0.4, -0.2) is 5.97 Å². The molecule has 0 saturated heterocycles. The number of anilines is 6. The summed E-state index contributed by atoms with van der Waals surface area (Å²) in [6.45, 7) is 2.07. The van der Waals surface area contributed by atoms with Gasteiger partial charge in [-0.15, -0.1) is 0 Å². The van der Waals surface area contributed by atoms with Gasteiger partial charge >= 0.3 is 5.97 Å². The van der Waals surface area contributed by atoms with Crippen LogP contribution in [0.1, 0.15) is 39.5 Å². The first-order valence-corrected chi connectivity index (χ1v) is 17.3. The van der Waals surface area contributed by atoms with Crippen molar-refractivity contribution >= 4 is 40.1 Å². The molecule has 0 atom stereocenters. The van der Waals surface area contributed by atoms with Gasteiger partial charge in [0.25, 0.3) is 0 Å². The SMILES string of the molecule is CCc1cccc2c1C(=O)OC21c2ccc(N(c3ccccc3)c3ccccc3)cc2Oc2cc(N(c3ccccc3)c3ccccc3)ccc21. The minimum atomic E-state index is -1.19. The van der Waals surface area contributed by atoms with Gasteiger partial charge in [0.15, 0.2) is 5.60 Å². The predicted octanol–water partition coefficient (Wildman–Crippen LogP) is 11.8. The molecule has 1 spiro atoms. The molecule has 0 radical (unpaired) electrons. The highest BCUT2D eigenvalue weighted by molar-refractivity contribution is 5.99. The minimum absolute atomic E-state index is 0.320. The van der Waals surface area contributed by atoms with Crippen molar-refractivity contribution < 1.29 is 14.3 Å². The van der Waals surface area contributed by atoms with Crippen molar-refractivity contribution in [1.82, 2.24) is 0 Å². The van der Waals surface area contributed by atoms with E-state index in [4.69, 9.17) is 9.47 Å². The molecule has 0 amide bonds. The Morgan fingerprint density at radius 1 is 0.471 bits per heavy atom. The van der Waals surface area contributed by atoms with Crippen molar-refractivity contribution in [2.75, 3.05) is 9.80 Å². The van der Waals surface area contributed by atoms with Crippen LogP contribution in [0.4, 0.5) is 34.1 Å². The number of aryl methyl sites for hydroxylation is 1. The third-order valence-electron chi connectivity index (χ3n) is 9.84. The lowest BCUT2D eigenvalue weighted by atomic mass is 9.76. The zero-order valence-corrected chi connectivity index (χ0v) is 28.1. The number of carbonyl (C=O) groups excluding carboxylic acids is 1. The Balaban J connectivity index is 1.27. The lowest BCUT2D eigenvalue weighted by Crippen LogP contribution is -2.33. The Labute approximate surface area is 297 Å². The Bertz CT molecular complexity index is 2170. The summed E-state index contributed by atoms with van der Waals surface area (Å²) < 4.78 is 13.6. The smallest absolute Gasteiger partial charge is 0.340 e. The predicted molar refractivity (Wildman–Crippen MR) is 203 cm³/mol. The number of fused-ring (bicyclic) bond motifs is 6. The first-order chi connectivity index (χ1) is 25.2.